The lowest BCUT2D eigenvalue weighted by Gasteiger charge is -2.23. The van der Waals surface area contributed by atoms with Crippen LogP contribution in [0.3, 0.4) is 0 Å². The Morgan fingerprint density at radius 3 is 3.14 bits per heavy atom. The lowest BCUT2D eigenvalue weighted by atomic mass is 9.90. The molecule has 1 N–H and O–H groups in total. The third-order valence-corrected chi connectivity index (χ3v) is 2.86. The Labute approximate surface area is 84.3 Å². The lowest BCUT2D eigenvalue weighted by Crippen LogP contribution is -2.17. The molecule has 0 amide bonds. The molecule has 2 nitrogen and oxygen atoms in total. The fraction of sp³-hybridized carbons (Fsp3) is 0.417. The summed E-state index contributed by atoms with van der Waals surface area (Å²) in [5.41, 5.74) is 3.61. The van der Waals surface area contributed by atoms with Crippen LogP contribution >= 0.6 is 0 Å². The van der Waals surface area contributed by atoms with Crippen LogP contribution in [-0.2, 0) is 11.2 Å². The molecule has 74 valence electrons. The Kier molecular flexibility index (Phi) is 2.53. The molecule has 2 heteroatoms. The monoisotopic (exact) mass is 189 g/mol. The summed E-state index contributed by atoms with van der Waals surface area (Å²) in [6, 6.07) is 6.36. The van der Waals surface area contributed by atoms with E-state index in [2.05, 4.69) is 30.4 Å². The average Bonchev–Trinajstić information content (AvgIpc) is 2.27. The number of hydrogen-bond donors (Lipinski definition) is 1. The first-order valence-electron chi connectivity index (χ1n) is 5.17. The highest BCUT2D eigenvalue weighted by Crippen LogP contribution is 2.30. The van der Waals surface area contributed by atoms with Gasteiger partial charge in [0.15, 0.2) is 0 Å². The summed E-state index contributed by atoms with van der Waals surface area (Å²) in [5.74, 6) is 0.0951. The molecule has 0 saturated heterocycles. The Balaban J connectivity index is 2.43. The number of aryl methyl sites for hydroxylation is 1. The molecule has 1 heterocycles. The topological polar surface area (TPSA) is 29.1 Å². The zero-order valence-electron chi connectivity index (χ0n) is 8.42. The maximum atomic E-state index is 10.9. The first kappa shape index (κ1) is 9.25. The van der Waals surface area contributed by atoms with E-state index in [1.807, 2.05) is 0 Å². The molecule has 0 spiro atoms. The van der Waals surface area contributed by atoms with Crippen LogP contribution in [0.4, 0.5) is 5.69 Å². The molecule has 0 bridgehead atoms. The van der Waals surface area contributed by atoms with Crippen molar-refractivity contribution in [3.63, 3.8) is 0 Å². The van der Waals surface area contributed by atoms with Crippen LogP contribution in [0.1, 0.15) is 30.4 Å². The minimum Gasteiger partial charge on any atom is -0.385 e. The first-order chi connectivity index (χ1) is 6.85. The molecule has 0 fully saturated rings. The molecular formula is C12H15NO. The van der Waals surface area contributed by atoms with Gasteiger partial charge in [-0.1, -0.05) is 19.1 Å². The normalized spacial score (nSPS) is 19.6. The number of benzene rings is 1. The van der Waals surface area contributed by atoms with E-state index in [4.69, 9.17) is 0 Å². The molecule has 1 unspecified atom stereocenters. The standard InChI is InChI=1S/C12H15NO/c1-2-9-3-4-12-11(7-9)10(8-14)5-6-13-12/h3-4,7-8,10,13H,2,5-6H2,1H3. The maximum Gasteiger partial charge on any atom is 0.127 e. The number of hydrogen-bond acceptors (Lipinski definition) is 2. The van der Waals surface area contributed by atoms with Gasteiger partial charge in [0, 0.05) is 18.2 Å². The first-order valence-corrected chi connectivity index (χ1v) is 5.17. The zero-order chi connectivity index (χ0) is 9.97. The van der Waals surface area contributed by atoms with Gasteiger partial charge in [-0.25, -0.2) is 0 Å². The van der Waals surface area contributed by atoms with Crippen LogP contribution < -0.4 is 5.32 Å². The second-order valence-corrected chi connectivity index (χ2v) is 3.73. The summed E-state index contributed by atoms with van der Waals surface area (Å²) < 4.78 is 0. The molecule has 1 aliphatic heterocycles. The van der Waals surface area contributed by atoms with E-state index >= 15 is 0 Å². The molecule has 14 heavy (non-hydrogen) atoms. The SMILES string of the molecule is CCc1ccc2c(c1)C(C=O)CCN2. The van der Waals surface area contributed by atoms with Crippen LogP contribution in [0.2, 0.25) is 0 Å². The van der Waals surface area contributed by atoms with Gasteiger partial charge in [-0.05, 0) is 30.0 Å². The van der Waals surface area contributed by atoms with E-state index in [1.54, 1.807) is 0 Å². The molecule has 0 aromatic heterocycles. The van der Waals surface area contributed by atoms with E-state index < -0.39 is 0 Å². The molecule has 1 aromatic rings. The summed E-state index contributed by atoms with van der Waals surface area (Å²) in [7, 11) is 0. The van der Waals surface area contributed by atoms with Crippen molar-refractivity contribution in [2.75, 3.05) is 11.9 Å². The van der Waals surface area contributed by atoms with Crippen LogP contribution in [0, 0.1) is 0 Å². The fourth-order valence-electron chi connectivity index (χ4n) is 1.96. The molecule has 1 atom stereocenters. The highest BCUT2D eigenvalue weighted by Gasteiger charge is 2.18. The number of aldehydes is 1. The van der Waals surface area contributed by atoms with Crippen LogP contribution in [-0.4, -0.2) is 12.8 Å². The largest absolute Gasteiger partial charge is 0.385 e. The average molecular weight is 189 g/mol. The lowest BCUT2D eigenvalue weighted by molar-refractivity contribution is -0.109. The highest BCUT2D eigenvalue weighted by atomic mass is 16.1. The van der Waals surface area contributed by atoms with Crippen molar-refractivity contribution >= 4 is 12.0 Å². The van der Waals surface area contributed by atoms with E-state index in [0.29, 0.717) is 0 Å². The van der Waals surface area contributed by atoms with Crippen molar-refractivity contribution in [3.8, 4) is 0 Å². The number of carbonyl (C=O) groups excluding carboxylic acids is 1. The van der Waals surface area contributed by atoms with Crippen LogP contribution in [0.5, 0.6) is 0 Å². The van der Waals surface area contributed by atoms with E-state index in [0.717, 1.165) is 31.4 Å². The van der Waals surface area contributed by atoms with Crippen molar-refractivity contribution in [1.29, 1.82) is 0 Å². The van der Waals surface area contributed by atoms with Gasteiger partial charge in [0.1, 0.15) is 6.29 Å². The van der Waals surface area contributed by atoms with Crippen molar-refractivity contribution in [2.24, 2.45) is 0 Å². The van der Waals surface area contributed by atoms with Crippen molar-refractivity contribution in [2.45, 2.75) is 25.7 Å². The van der Waals surface area contributed by atoms with Gasteiger partial charge in [0.2, 0.25) is 0 Å². The Morgan fingerprint density at radius 1 is 1.57 bits per heavy atom. The Hall–Kier alpha value is -1.31. The van der Waals surface area contributed by atoms with Gasteiger partial charge in [-0.3, -0.25) is 0 Å². The molecular weight excluding hydrogens is 174 g/mol. The number of anilines is 1. The van der Waals surface area contributed by atoms with Crippen molar-refractivity contribution in [1.82, 2.24) is 0 Å². The molecule has 0 radical (unpaired) electrons. The number of rotatable bonds is 2. The third-order valence-electron chi connectivity index (χ3n) is 2.86. The van der Waals surface area contributed by atoms with Gasteiger partial charge in [0.25, 0.3) is 0 Å². The predicted octanol–water partition coefficient (Wildman–Crippen LogP) is 2.35. The minimum absolute atomic E-state index is 0.0951. The summed E-state index contributed by atoms with van der Waals surface area (Å²) >= 11 is 0. The predicted molar refractivity (Wildman–Crippen MR) is 57.7 cm³/mol. The van der Waals surface area contributed by atoms with Gasteiger partial charge < -0.3 is 10.1 Å². The Bertz CT molecular complexity index is 346. The summed E-state index contributed by atoms with van der Waals surface area (Å²) in [6.07, 6.45) is 3.02. The quantitative estimate of drug-likeness (QED) is 0.723. The summed E-state index contributed by atoms with van der Waals surface area (Å²) in [4.78, 5) is 10.9. The molecule has 0 aliphatic carbocycles. The third kappa shape index (κ3) is 1.52. The van der Waals surface area contributed by atoms with E-state index in [1.165, 1.54) is 11.1 Å². The molecule has 1 aromatic carbocycles. The van der Waals surface area contributed by atoms with Crippen molar-refractivity contribution < 1.29 is 4.79 Å². The zero-order valence-corrected chi connectivity index (χ0v) is 8.42. The maximum absolute atomic E-state index is 10.9. The highest BCUT2D eigenvalue weighted by molar-refractivity contribution is 5.70. The van der Waals surface area contributed by atoms with Gasteiger partial charge in [-0.15, -0.1) is 0 Å². The van der Waals surface area contributed by atoms with E-state index in [9.17, 15) is 4.79 Å². The summed E-state index contributed by atoms with van der Waals surface area (Å²) in [5, 5.41) is 3.32. The minimum atomic E-state index is 0.0951. The molecule has 1 aliphatic rings. The molecule has 2 rings (SSSR count). The second-order valence-electron chi connectivity index (χ2n) is 3.73. The fourth-order valence-corrected chi connectivity index (χ4v) is 1.96. The van der Waals surface area contributed by atoms with Gasteiger partial charge in [-0.2, -0.15) is 0 Å². The van der Waals surface area contributed by atoms with Gasteiger partial charge in [0.05, 0.1) is 0 Å². The van der Waals surface area contributed by atoms with Crippen LogP contribution in [0.25, 0.3) is 0 Å². The number of fused-ring (bicyclic) bond motifs is 1. The number of carbonyl (C=O) groups is 1. The second kappa shape index (κ2) is 3.82. The van der Waals surface area contributed by atoms with Crippen LogP contribution in [0.15, 0.2) is 18.2 Å². The van der Waals surface area contributed by atoms with E-state index in [-0.39, 0.29) is 5.92 Å². The van der Waals surface area contributed by atoms with Crippen molar-refractivity contribution in [3.05, 3.63) is 29.3 Å². The smallest absolute Gasteiger partial charge is 0.127 e. The van der Waals surface area contributed by atoms with Gasteiger partial charge >= 0.3 is 0 Å². The number of nitrogens with one attached hydrogen (secondary N) is 1. The molecule has 0 saturated carbocycles. The summed E-state index contributed by atoms with van der Waals surface area (Å²) in [6.45, 7) is 3.04. The Morgan fingerprint density at radius 2 is 2.43 bits per heavy atom.